The molecule has 0 radical (unpaired) electrons. The standard InChI is InChI=1S/C12H12F2O4S/c1-7-4-5-12(7,11(15)16)19(17,18)10-3-2-8(13)6-9(10)14/h2-3,6-7H,4-5H2,1H3,(H,15,16). The number of rotatable bonds is 3. The summed E-state index contributed by atoms with van der Waals surface area (Å²) < 4.78 is 49.2. The van der Waals surface area contributed by atoms with Crippen molar-refractivity contribution in [2.24, 2.45) is 5.92 Å². The number of hydrogen-bond acceptors (Lipinski definition) is 3. The molecule has 1 aromatic rings. The predicted molar refractivity (Wildman–Crippen MR) is 62.3 cm³/mol. The van der Waals surface area contributed by atoms with Gasteiger partial charge in [0.2, 0.25) is 0 Å². The minimum Gasteiger partial charge on any atom is -0.480 e. The van der Waals surface area contributed by atoms with E-state index in [2.05, 4.69) is 0 Å². The minimum absolute atomic E-state index is 0.0668. The van der Waals surface area contributed by atoms with Crippen LogP contribution in [0.4, 0.5) is 8.78 Å². The Morgan fingerprint density at radius 1 is 1.42 bits per heavy atom. The van der Waals surface area contributed by atoms with Crippen molar-refractivity contribution in [2.75, 3.05) is 0 Å². The maximum atomic E-state index is 13.6. The molecule has 7 heteroatoms. The lowest BCUT2D eigenvalue weighted by Crippen LogP contribution is -2.58. The molecule has 0 bridgehead atoms. The fourth-order valence-corrected chi connectivity index (χ4v) is 4.64. The van der Waals surface area contributed by atoms with E-state index in [0.717, 1.165) is 12.1 Å². The van der Waals surface area contributed by atoms with Crippen molar-refractivity contribution in [3.63, 3.8) is 0 Å². The second kappa shape index (κ2) is 4.26. The van der Waals surface area contributed by atoms with Crippen molar-refractivity contribution < 1.29 is 27.1 Å². The van der Waals surface area contributed by atoms with Gasteiger partial charge in [0.25, 0.3) is 0 Å². The van der Waals surface area contributed by atoms with Crippen LogP contribution in [0.15, 0.2) is 23.1 Å². The van der Waals surface area contributed by atoms with E-state index in [-0.39, 0.29) is 6.42 Å². The molecule has 0 amide bonds. The Kier molecular flexibility index (Phi) is 3.12. The molecule has 104 valence electrons. The van der Waals surface area contributed by atoms with Crippen LogP contribution in [0.2, 0.25) is 0 Å². The van der Waals surface area contributed by atoms with E-state index in [0.29, 0.717) is 12.5 Å². The van der Waals surface area contributed by atoms with Gasteiger partial charge in [-0.3, -0.25) is 4.79 Å². The van der Waals surface area contributed by atoms with Crippen molar-refractivity contribution in [3.8, 4) is 0 Å². The van der Waals surface area contributed by atoms with Crippen molar-refractivity contribution in [1.82, 2.24) is 0 Å². The summed E-state index contributed by atoms with van der Waals surface area (Å²) in [5.41, 5.74) is 0. The Bertz CT molecular complexity index is 641. The minimum atomic E-state index is -4.40. The van der Waals surface area contributed by atoms with Crippen LogP contribution in [0.25, 0.3) is 0 Å². The first-order valence-electron chi connectivity index (χ1n) is 5.66. The topological polar surface area (TPSA) is 71.4 Å². The van der Waals surface area contributed by atoms with Crippen LogP contribution in [0, 0.1) is 17.6 Å². The van der Waals surface area contributed by atoms with Crippen molar-refractivity contribution in [2.45, 2.75) is 29.4 Å². The van der Waals surface area contributed by atoms with E-state index < -0.39 is 43.0 Å². The Labute approximate surface area is 109 Å². The first-order valence-corrected chi connectivity index (χ1v) is 7.15. The maximum absolute atomic E-state index is 13.6. The molecule has 1 N–H and O–H groups in total. The van der Waals surface area contributed by atoms with Crippen LogP contribution >= 0.6 is 0 Å². The molecule has 0 aromatic heterocycles. The predicted octanol–water partition coefficient (Wildman–Crippen LogP) is 1.99. The van der Waals surface area contributed by atoms with Crippen LogP contribution in [-0.2, 0) is 14.6 Å². The van der Waals surface area contributed by atoms with Gasteiger partial charge in [-0.25, -0.2) is 17.2 Å². The van der Waals surface area contributed by atoms with E-state index in [1.807, 2.05) is 0 Å². The number of halogens is 2. The number of sulfone groups is 1. The smallest absolute Gasteiger partial charge is 0.325 e. The zero-order valence-electron chi connectivity index (χ0n) is 10.1. The molecule has 2 rings (SSSR count). The summed E-state index contributed by atoms with van der Waals surface area (Å²) in [5.74, 6) is -4.28. The van der Waals surface area contributed by atoms with E-state index in [9.17, 15) is 27.1 Å². The van der Waals surface area contributed by atoms with E-state index in [1.54, 1.807) is 0 Å². The van der Waals surface area contributed by atoms with Gasteiger partial charge in [0.1, 0.15) is 16.5 Å². The second-order valence-electron chi connectivity index (χ2n) is 4.71. The first-order chi connectivity index (χ1) is 8.73. The van der Waals surface area contributed by atoms with Crippen molar-refractivity contribution >= 4 is 15.8 Å². The lowest BCUT2D eigenvalue weighted by atomic mass is 9.74. The zero-order chi connectivity index (χ0) is 14.4. The SMILES string of the molecule is CC1CCC1(C(=O)O)S(=O)(=O)c1ccc(F)cc1F. The first kappa shape index (κ1) is 13.9. The van der Waals surface area contributed by atoms with Gasteiger partial charge in [0.15, 0.2) is 14.6 Å². The summed E-state index contributed by atoms with van der Waals surface area (Å²) in [6, 6.07) is 2.01. The molecule has 19 heavy (non-hydrogen) atoms. The molecule has 0 spiro atoms. The number of carboxylic acids is 1. The van der Waals surface area contributed by atoms with E-state index in [4.69, 9.17) is 0 Å². The summed E-state index contributed by atoms with van der Waals surface area (Å²) in [5, 5.41) is 9.22. The summed E-state index contributed by atoms with van der Waals surface area (Å²) >= 11 is 0. The summed E-state index contributed by atoms with van der Waals surface area (Å²) in [4.78, 5) is 10.6. The number of aliphatic carboxylic acids is 1. The average molecular weight is 290 g/mol. The third-order valence-corrected chi connectivity index (χ3v) is 6.42. The van der Waals surface area contributed by atoms with Crippen molar-refractivity contribution in [3.05, 3.63) is 29.8 Å². The van der Waals surface area contributed by atoms with Crippen LogP contribution in [0.5, 0.6) is 0 Å². The third-order valence-electron chi connectivity index (χ3n) is 3.77. The zero-order valence-corrected chi connectivity index (χ0v) is 10.9. The molecule has 1 saturated carbocycles. The largest absolute Gasteiger partial charge is 0.480 e. The van der Waals surface area contributed by atoms with E-state index in [1.165, 1.54) is 6.92 Å². The highest BCUT2D eigenvalue weighted by Gasteiger charge is 2.61. The normalized spacial score (nSPS) is 26.8. The summed E-state index contributed by atoms with van der Waals surface area (Å²) in [6.07, 6.45) is 0.372. The van der Waals surface area contributed by atoms with Gasteiger partial charge < -0.3 is 5.11 Å². The van der Waals surface area contributed by atoms with Gasteiger partial charge in [0.05, 0.1) is 0 Å². The monoisotopic (exact) mass is 290 g/mol. The Balaban J connectivity index is 2.62. The van der Waals surface area contributed by atoms with Crippen LogP contribution in [-0.4, -0.2) is 24.2 Å². The summed E-state index contributed by atoms with van der Waals surface area (Å²) in [7, 11) is -4.40. The van der Waals surface area contributed by atoms with Gasteiger partial charge in [-0.15, -0.1) is 0 Å². The van der Waals surface area contributed by atoms with Crippen LogP contribution < -0.4 is 0 Å². The average Bonchev–Trinajstić information content (AvgIpc) is 2.25. The molecule has 0 heterocycles. The molecular weight excluding hydrogens is 278 g/mol. The molecule has 0 saturated heterocycles. The maximum Gasteiger partial charge on any atom is 0.325 e. The fraction of sp³-hybridized carbons (Fsp3) is 0.417. The molecule has 4 nitrogen and oxygen atoms in total. The summed E-state index contributed by atoms with van der Waals surface area (Å²) in [6.45, 7) is 1.50. The number of carboxylic acid groups (broad SMARTS) is 1. The third kappa shape index (κ3) is 1.75. The highest BCUT2D eigenvalue weighted by atomic mass is 32.2. The van der Waals surface area contributed by atoms with Gasteiger partial charge in [0, 0.05) is 6.07 Å². The number of carbonyl (C=O) groups is 1. The Morgan fingerprint density at radius 2 is 2.05 bits per heavy atom. The van der Waals surface area contributed by atoms with Crippen LogP contribution in [0.3, 0.4) is 0 Å². The fourth-order valence-electron chi connectivity index (χ4n) is 2.42. The molecule has 2 unspecified atom stereocenters. The second-order valence-corrected chi connectivity index (χ2v) is 6.89. The quantitative estimate of drug-likeness (QED) is 0.864. The Morgan fingerprint density at radius 3 is 2.42 bits per heavy atom. The molecule has 2 atom stereocenters. The van der Waals surface area contributed by atoms with E-state index >= 15 is 0 Å². The number of hydrogen-bond donors (Lipinski definition) is 1. The lowest BCUT2D eigenvalue weighted by Gasteiger charge is -2.43. The molecule has 0 aliphatic heterocycles. The highest BCUT2D eigenvalue weighted by Crippen LogP contribution is 2.48. The lowest BCUT2D eigenvalue weighted by molar-refractivity contribution is -0.144. The molecule has 1 aliphatic carbocycles. The molecule has 1 aliphatic rings. The molecule has 1 aromatic carbocycles. The van der Waals surface area contributed by atoms with Crippen LogP contribution in [0.1, 0.15) is 19.8 Å². The van der Waals surface area contributed by atoms with Gasteiger partial charge >= 0.3 is 5.97 Å². The number of benzene rings is 1. The Hall–Kier alpha value is -1.50. The van der Waals surface area contributed by atoms with Crippen molar-refractivity contribution in [1.29, 1.82) is 0 Å². The molecule has 1 fully saturated rings. The van der Waals surface area contributed by atoms with Gasteiger partial charge in [-0.1, -0.05) is 6.92 Å². The van der Waals surface area contributed by atoms with Gasteiger partial charge in [-0.2, -0.15) is 0 Å². The highest BCUT2D eigenvalue weighted by molar-refractivity contribution is 7.93. The molecular formula is C12H12F2O4S. The van der Waals surface area contributed by atoms with Gasteiger partial charge in [-0.05, 0) is 30.9 Å².